The van der Waals surface area contributed by atoms with Crippen molar-refractivity contribution >= 4 is 0 Å². The van der Waals surface area contributed by atoms with Crippen molar-refractivity contribution in [3.8, 4) is 11.8 Å². The number of hydrogen-bond acceptors (Lipinski definition) is 4. The van der Waals surface area contributed by atoms with Gasteiger partial charge in [-0.3, -0.25) is 4.90 Å². The van der Waals surface area contributed by atoms with E-state index in [1.165, 1.54) is 0 Å². The maximum Gasteiger partial charge on any atom is 0.137 e. The van der Waals surface area contributed by atoms with Crippen LogP contribution in [0.15, 0.2) is 24.3 Å². The fourth-order valence-corrected chi connectivity index (χ4v) is 2.44. The molecule has 0 saturated carbocycles. The van der Waals surface area contributed by atoms with Crippen molar-refractivity contribution in [3.63, 3.8) is 0 Å². The molecule has 2 rings (SSSR count). The number of hydrogen-bond donors (Lipinski definition) is 0. The van der Waals surface area contributed by atoms with E-state index in [1.807, 2.05) is 18.2 Å². The Labute approximate surface area is 114 Å². The molecule has 1 heterocycles. The summed E-state index contributed by atoms with van der Waals surface area (Å²) < 4.78 is 11.4. The van der Waals surface area contributed by atoms with Crippen molar-refractivity contribution in [2.45, 2.75) is 26.1 Å². The maximum absolute atomic E-state index is 8.98. The molecule has 1 aromatic rings. The Morgan fingerprint density at radius 3 is 2.68 bits per heavy atom. The van der Waals surface area contributed by atoms with Crippen molar-refractivity contribution < 1.29 is 9.47 Å². The van der Waals surface area contributed by atoms with Crippen LogP contribution in [0.2, 0.25) is 0 Å². The van der Waals surface area contributed by atoms with E-state index in [0.29, 0.717) is 17.9 Å². The number of ether oxygens (including phenoxy) is 2. The third-order valence-corrected chi connectivity index (χ3v) is 3.17. The molecular formula is C15H20N2O2. The van der Waals surface area contributed by atoms with Gasteiger partial charge in [0.1, 0.15) is 18.4 Å². The second kappa shape index (κ2) is 6.55. The first kappa shape index (κ1) is 13.9. The van der Waals surface area contributed by atoms with Gasteiger partial charge in [-0.1, -0.05) is 12.1 Å². The Kier molecular flexibility index (Phi) is 4.78. The van der Waals surface area contributed by atoms with Crippen LogP contribution in [0.3, 0.4) is 0 Å². The first-order chi connectivity index (χ1) is 9.19. The van der Waals surface area contributed by atoms with Crippen LogP contribution in [-0.2, 0) is 4.74 Å². The second-order valence-electron chi connectivity index (χ2n) is 4.97. The minimum absolute atomic E-state index is 0.273. The molecule has 4 nitrogen and oxygen atoms in total. The van der Waals surface area contributed by atoms with Gasteiger partial charge < -0.3 is 9.47 Å². The second-order valence-corrected chi connectivity index (χ2v) is 4.97. The molecule has 0 aromatic heterocycles. The number of rotatable bonds is 4. The van der Waals surface area contributed by atoms with Crippen molar-refractivity contribution in [1.82, 2.24) is 4.90 Å². The van der Waals surface area contributed by atoms with E-state index in [9.17, 15) is 0 Å². The molecule has 1 saturated heterocycles. The zero-order chi connectivity index (χ0) is 13.7. The summed E-state index contributed by atoms with van der Waals surface area (Å²) in [5, 5.41) is 8.98. The normalized spacial score (nSPS) is 23.8. The SMILES string of the molecule is C[C@H]1CN(CCOc2ccccc2C#N)C[C@H](C)O1. The lowest BCUT2D eigenvalue weighted by atomic mass is 10.2. The fourth-order valence-electron chi connectivity index (χ4n) is 2.44. The van der Waals surface area contributed by atoms with E-state index in [2.05, 4.69) is 24.8 Å². The smallest absolute Gasteiger partial charge is 0.137 e. The van der Waals surface area contributed by atoms with Gasteiger partial charge in [0.2, 0.25) is 0 Å². The standard InChI is InChI=1S/C15H20N2O2/c1-12-10-17(11-13(2)19-12)7-8-18-15-6-4-3-5-14(15)9-16/h3-6,12-13H,7-8,10-11H2,1-2H3/t12-,13-/m0/s1. The van der Waals surface area contributed by atoms with Crippen molar-refractivity contribution in [2.24, 2.45) is 0 Å². The summed E-state index contributed by atoms with van der Waals surface area (Å²) in [6.45, 7) is 7.51. The Morgan fingerprint density at radius 1 is 1.32 bits per heavy atom. The molecule has 0 bridgehead atoms. The monoisotopic (exact) mass is 260 g/mol. The van der Waals surface area contributed by atoms with Crippen LogP contribution in [0.4, 0.5) is 0 Å². The zero-order valence-electron chi connectivity index (χ0n) is 11.5. The Morgan fingerprint density at radius 2 is 2.00 bits per heavy atom. The Balaban J connectivity index is 1.82. The van der Waals surface area contributed by atoms with Gasteiger partial charge in [0.15, 0.2) is 0 Å². The molecule has 4 heteroatoms. The van der Waals surface area contributed by atoms with E-state index in [-0.39, 0.29) is 12.2 Å². The van der Waals surface area contributed by atoms with Crippen LogP contribution in [0.1, 0.15) is 19.4 Å². The highest BCUT2D eigenvalue weighted by atomic mass is 16.5. The van der Waals surface area contributed by atoms with E-state index >= 15 is 0 Å². The summed E-state index contributed by atoms with van der Waals surface area (Å²) in [4.78, 5) is 2.34. The molecule has 0 aliphatic carbocycles. The van der Waals surface area contributed by atoms with Crippen LogP contribution in [0.25, 0.3) is 0 Å². The van der Waals surface area contributed by atoms with E-state index in [4.69, 9.17) is 14.7 Å². The first-order valence-corrected chi connectivity index (χ1v) is 6.69. The van der Waals surface area contributed by atoms with Gasteiger partial charge >= 0.3 is 0 Å². The number of benzene rings is 1. The number of morpholine rings is 1. The van der Waals surface area contributed by atoms with Crippen LogP contribution < -0.4 is 4.74 Å². The lowest BCUT2D eigenvalue weighted by Crippen LogP contribution is -2.46. The molecule has 2 atom stereocenters. The van der Waals surface area contributed by atoms with Gasteiger partial charge in [0.05, 0.1) is 17.8 Å². The number of para-hydroxylation sites is 1. The van der Waals surface area contributed by atoms with Gasteiger partial charge in [-0.05, 0) is 26.0 Å². The fraction of sp³-hybridized carbons (Fsp3) is 0.533. The first-order valence-electron chi connectivity index (χ1n) is 6.69. The van der Waals surface area contributed by atoms with Crippen LogP contribution in [0, 0.1) is 11.3 Å². The molecule has 1 aromatic carbocycles. The molecule has 0 spiro atoms. The highest BCUT2D eigenvalue weighted by Gasteiger charge is 2.21. The van der Waals surface area contributed by atoms with Crippen LogP contribution in [-0.4, -0.2) is 43.3 Å². The maximum atomic E-state index is 8.98. The van der Waals surface area contributed by atoms with E-state index < -0.39 is 0 Å². The van der Waals surface area contributed by atoms with Crippen molar-refractivity contribution in [2.75, 3.05) is 26.2 Å². The molecular weight excluding hydrogens is 240 g/mol. The van der Waals surface area contributed by atoms with Gasteiger partial charge in [0.25, 0.3) is 0 Å². The third-order valence-electron chi connectivity index (χ3n) is 3.17. The molecule has 0 N–H and O–H groups in total. The minimum Gasteiger partial charge on any atom is -0.491 e. The molecule has 1 aliphatic rings. The molecule has 19 heavy (non-hydrogen) atoms. The van der Waals surface area contributed by atoms with Gasteiger partial charge in [-0.15, -0.1) is 0 Å². The predicted molar refractivity (Wildman–Crippen MR) is 73.1 cm³/mol. The molecule has 0 radical (unpaired) electrons. The van der Waals surface area contributed by atoms with Crippen LogP contribution in [0.5, 0.6) is 5.75 Å². The highest BCUT2D eigenvalue weighted by Crippen LogP contribution is 2.16. The summed E-state index contributed by atoms with van der Waals surface area (Å²) >= 11 is 0. The molecule has 1 aliphatic heterocycles. The lowest BCUT2D eigenvalue weighted by Gasteiger charge is -2.35. The minimum atomic E-state index is 0.273. The summed E-state index contributed by atoms with van der Waals surface area (Å²) in [5.41, 5.74) is 0.589. The highest BCUT2D eigenvalue weighted by molar-refractivity contribution is 5.42. The topological polar surface area (TPSA) is 45.5 Å². The Hall–Kier alpha value is -1.57. The zero-order valence-corrected chi connectivity index (χ0v) is 11.5. The van der Waals surface area contributed by atoms with Gasteiger partial charge in [0, 0.05) is 19.6 Å². The average Bonchev–Trinajstić information content (AvgIpc) is 2.38. The predicted octanol–water partition coefficient (Wildman–Crippen LogP) is 2.05. The summed E-state index contributed by atoms with van der Waals surface area (Å²) in [6, 6.07) is 9.48. The van der Waals surface area contributed by atoms with Gasteiger partial charge in [-0.25, -0.2) is 0 Å². The summed E-state index contributed by atoms with van der Waals surface area (Å²) in [6.07, 6.45) is 0.547. The van der Waals surface area contributed by atoms with E-state index in [0.717, 1.165) is 19.6 Å². The Bertz CT molecular complexity index is 446. The third kappa shape index (κ3) is 3.95. The molecule has 102 valence electrons. The van der Waals surface area contributed by atoms with Crippen molar-refractivity contribution in [3.05, 3.63) is 29.8 Å². The molecule has 0 unspecified atom stereocenters. The molecule has 0 amide bonds. The van der Waals surface area contributed by atoms with Crippen molar-refractivity contribution in [1.29, 1.82) is 5.26 Å². The molecule has 1 fully saturated rings. The van der Waals surface area contributed by atoms with E-state index in [1.54, 1.807) is 6.07 Å². The number of nitrogens with zero attached hydrogens (tertiary/aromatic N) is 2. The number of nitriles is 1. The van der Waals surface area contributed by atoms with Gasteiger partial charge in [-0.2, -0.15) is 5.26 Å². The quantitative estimate of drug-likeness (QED) is 0.831. The lowest BCUT2D eigenvalue weighted by molar-refractivity contribution is -0.0699. The van der Waals surface area contributed by atoms with Crippen LogP contribution >= 0.6 is 0 Å². The largest absolute Gasteiger partial charge is 0.491 e. The average molecular weight is 260 g/mol. The summed E-state index contributed by atoms with van der Waals surface area (Å²) in [7, 11) is 0. The summed E-state index contributed by atoms with van der Waals surface area (Å²) in [5.74, 6) is 0.666.